The van der Waals surface area contributed by atoms with E-state index in [2.05, 4.69) is 10.2 Å². The van der Waals surface area contributed by atoms with Crippen LogP contribution in [-0.2, 0) is 15.9 Å². The molecule has 2 unspecified atom stereocenters. The van der Waals surface area contributed by atoms with Gasteiger partial charge in [-0.3, -0.25) is 14.6 Å². The van der Waals surface area contributed by atoms with Gasteiger partial charge in [-0.1, -0.05) is 6.42 Å². The van der Waals surface area contributed by atoms with Gasteiger partial charge in [-0.25, -0.2) is 4.21 Å². The number of nitrogens with zero attached hydrogens (tertiary/aromatic N) is 2. The van der Waals surface area contributed by atoms with Gasteiger partial charge in [0.05, 0.1) is 6.54 Å². The maximum Gasteiger partial charge on any atom is 0.234 e. The zero-order valence-corrected chi connectivity index (χ0v) is 11.3. The Morgan fingerprint density at radius 2 is 2.00 bits per heavy atom. The Balaban J connectivity index is 1.92. The molecule has 0 aromatic rings. The molecule has 2 fully saturated rings. The third kappa shape index (κ3) is 3.74. The summed E-state index contributed by atoms with van der Waals surface area (Å²) in [5, 5.41) is 2.40. The number of piperidine rings is 1. The highest BCUT2D eigenvalue weighted by atomic mass is 32.2. The van der Waals surface area contributed by atoms with Crippen molar-refractivity contribution in [2.24, 2.45) is 0 Å². The highest BCUT2D eigenvalue weighted by Crippen LogP contribution is 2.15. The van der Waals surface area contributed by atoms with E-state index in [1.807, 2.05) is 4.90 Å². The molecule has 1 amide bonds. The molecule has 0 radical (unpaired) electrons. The van der Waals surface area contributed by atoms with Crippen molar-refractivity contribution in [3.8, 4) is 0 Å². The highest BCUT2D eigenvalue weighted by Gasteiger charge is 2.29. The molecule has 2 saturated heterocycles. The first kappa shape index (κ1) is 13.9. The maximum absolute atomic E-state index is 11.5. The second-order valence-corrected chi connectivity index (χ2v) is 6.01. The summed E-state index contributed by atoms with van der Waals surface area (Å²) in [5.41, 5.74) is 0. The van der Waals surface area contributed by atoms with E-state index in [0.29, 0.717) is 19.6 Å². The molecule has 104 valence electrons. The average Bonchev–Trinajstić information content (AvgIpc) is 2.37. The van der Waals surface area contributed by atoms with Gasteiger partial charge in [0, 0.05) is 19.6 Å². The third-order valence-corrected chi connectivity index (χ3v) is 4.48. The highest BCUT2D eigenvalue weighted by molar-refractivity contribution is 7.79. The zero-order chi connectivity index (χ0) is 13.0. The second kappa shape index (κ2) is 6.60. The SMILES string of the molecule is O=C1CN(CC(N2CCCCC2)S(=O)O)CCN1. The molecule has 0 saturated carbocycles. The first-order valence-corrected chi connectivity index (χ1v) is 7.66. The number of carbonyl (C=O) groups excluding carboxylic acids is 1. The van der Waals surface area contributed by atoms with E-state index >= 15 is 0 Å². The minimum absolute atomic E-state index is 0.00219. The van der Waals surface area contributed by atoms with E-state index in [0.717, 1.165) is 32.5 Å². The molecule has 2 aliphatic heterocycles. The van der Waals surface area contributed by atoms with Crippen LogP contribution >= 0.6 is 0 Å². The summed E-state index contributed by atoms with van der Waals surface area (Å²) >= 11 is -1.86. The average molecular weight is 275 g/mol. The summed E-state index contributed by atoms with van der Waals surface area (Å²) in [6.07, 6.45) is 3.38. The van der Waals surface area contributed by atoms with Crippen LogP contribution in [0.5, 0.6) is 0 Å². The molecular weight excluding hydrogens is 254 g/mol. The van der Waals surface area contributed by atoms with Gasteiger partial charge in [0.2, 0.25) is 5.91 Å². The van der Waals surface area contributed by atoms with Crippen LogP contribution in [0, 0.1) is 0 Å². The van der Waals surface area contributed by atoms with Gasteiger partial charge in [-0.15, -0.1) is 0 Å². The zero-order valence-electron chi connectivity index (χ0n) is 10.5. The van der Waals surface area contributed by atoms with Gasteiger partial charge in [0.25, 0.3) is 0 Å². The third-order valence-electron chi connectivity index (χ3n) is 3.56. The summed E-state index contributed by atoms with van der Waals surface area (Å²) in [4.78, 5) is 15.4. The Morgan fingerprint density at radius 1 is 1.28 bits per heavy atom. The Hall–Kier alpha value is -0.500. The van der Waals surface area contributed by atoms with Crippen LogP contribution in [0.3, 0.4) is 0 Å². The van der Waals surface area contributed by atoms with Crippen molar-refractivity contribution in [1.82, 2.24) is 15.1 Å². The number of piperazine rings is 1. The predicted molar refractivity (Wildman–Crippen MR) is 69.4 cm³/mol. The first-order valence-electron chi connectivity index (χ1n) is 6.49. The van der Waals surface area contributed by atoms with Crippen molar-refractivity contribution in [3.63, 3.8) is 0 Å². The number of likely N-dealkylation sites (tertiary alicyclic amines) is 1. The summed E-state index contributed by atoms with van der Waals surface area (Å²) in [5.74, 6) is 0.00219. The summed E-state index contributed by atoms with van der Waals surface area (Å²) in [7, 11) is 0. The molecule has 2 rings (SSSR count). The lowest BCUT2D eigenvalue weighted by molar-refractivity contribution is -0.124. The number of amides is 1. The molecule has 0 aromatic carbocycles. The van der Waals surface area contributed by atoms with E-state index in [9.17, 15) is 13.6 Å². The van der Waals surface area contributed by atoms with Gasteiger partial charge in [-0.05, 0) is 25.9 Å². The van der Waals surface area contributed by atoms with Crippen molar-refractivity contribution in [2.75, 3.05) is 39.3 Å². The fourth-order valence-corrected chi connectivity index (χ4v) is 3.39. The molecule has 0 spiro atoms. The topological polar surface area (TPSA) is 72.9 Å². The molecule has 6 nitrogen and oxygen atoms in total. The smallest absolute Gasteiger partial charge is 0.234 e. The molecule has 0 aromatic heterocycles. The van der Waals surface area contributed by atoms with Crippen molar-refractivity contribution >= 4 is 17.0 Å². The van der Waals surface area contributed by atoms with Crippen molar-refractivity contribution in [2.45, 2.75) is 24.6 Å². The number of carbonyl (C=O) groups is 1. The van der Waals surface area contributed by atoms with Crippen molar-refractivity contribution in [1.29, 1.82) is 0 Å². The molecule has 0 bridgehead atoms. The second-order valence-electron chi connectivity index (χ2n) is 4.91. The fourth-order valence-electron chi connectivity index (χ4n) is 2.58. The van der Waals surface area contributed by atoms with Gasteiger partial charge in [0.15, 0.2) is 11.1 Å². The van der Waals surface area contributed by atoms with Gasteiger partial charge in [-0.2, -0.15) is 0 Å². The van der Waals surface area contributed by atoms with Crippen LogP contribution in [0.15, 0.2) is 0 Å². The van der Waals surface area contributed by atoms with Crippen molar-refractivity contribution < 1.29 is 13.6 Å². The summed E-state index contributed by atoms with van der Waals surface area (Å²) < 4.78 is 21.0. The number of hydrogen-bond donors (Lipinski definition) is 2. The van der Waals surface area contributed by atoms with Crippen LogP contribution < -0.4 is 5.32 Å². The first-order chi connectivity index (χ1) is 8.66. The van der Waals surface area contributed by atoms with E-state index in [1.54, 1.807) is 0 Å². The van der Waals surface area contributed by atoms with Crippen LogP contribution in [0.1, 0.15) is 19.3 Å². The van der Waals surface area contributed by atoms with E-state index in [4.69, 9.17) is 0 Å². The van der Waals surface area contributed by atoms with E-state index < -0.39 is 11.1 Å². The fraction of sp³-hybridized carbons (Fsp3) is 0.909. The number of hydrogen-bond acceptors (Lipinski definition) is 4. The number of nitrogens with one attached hydrogen (secondary N) is 1. The Labute approximate surface area is 110 Å². The molecule has 7 heteroatoms. The lowest BCUT2D eigenvalue weighted by Gasteiger charge is -2.36. The molecule has 2 atom stereocenters. The maximum atomic E-state index is 11.5. The van der Waals surface area contributed by atoms with Crippen LogP contribution in [-0.4, -0.2) is 69.1 Å². The predicted octanol–water partition coefficient (Wildman–Crippen LogP) is -0.548. The summed E-state index contributed by atoms with van der Waals surface area (Å²) in [6.45, 7) is 3.99. The lowest BCUT2D eigenvalue weighted by Crippen LogP contribution is -2.54. The monoisotopic (exact) mass is 275 g/mol. The molecular formula is C11H21N3O3S. The quantitative estimate of drug-likeness (QED) is 0.674. The van der Waals surface area contributed by atoms with Gasteiger partial charge in [0.1, 0.15) is 5.37 Å². The van der Waals surface area contributed by atoms with E-state index in [1.165, 1.54) is 6.42 Å². The largest absolute Gasteiger partial charge is 0.354 e. The van der Waals surface area contributed by atoms with Gasteiger partial charge >= 0.3 is 0 Å². The number of rotatable bonds is 4. The van der Waals surface area contributed by atoms with Crippen LogP contribution in [0.4, 0.5) is 0 Å². The van der Waals surface area contributed by atoms with Crippen LogP contribution in [0.2, 0.25) is 0 Å². The Bertz CT molecular complexity index is 321. The summed E-state index contributed by atoms with van der Waals surface area (Å²) in [6, 6.07) is 0. The normalized spacial score (nSPS) is 26.6. The Morgan fingerprint density at radius 3 is 2.61 bits per heavy atom. The minimum Gasteiger partial charge on any atom is -0.354 e. The standard InChI is InChI=1S/C11H21N3O3S/c15-10-8-13(7-4-12-10)9-11(18(16)17)14-5-2-1-3-6-14/h11H,1-9H2,(H,12,15)(H,16,17). The molecule has 2 N–H and O–H groups in total. The van der Waals surface area contributed by atoms with Crippen LogP contribution in [0.25, 0.3) is 0 Å². The van der Waals surface area contributed by atoms with E-state index in [-0.39, 0.29) is 11.3 Å². The molecule has 0 aliphatic carbocycles. The van der Waals surface area contributed by atoms with Gasteiger partial charge < -0.3 is 9.87 Å². The lowest BCUT2D eigenvalue weighted by atomic mass is 10.1. The molecule has 18 heavy (non-hydrogen) atoms. The molecule has 2 aliphatic rings. The minimum atomic E-state index is -1.86. The molecule has 2 heterocycles. The van der Waals surface area contributed by atoms with Crippen molar-refractivity contribution in [3.05, 3.63) is 0 Å². The Kier molecular flexibility index (Phi) is 5.11.